The summed E-state index contributed by atoms with van der Waals surface area (Å²) < 4.78 is 5.87. The summed E-state index contributed by atoms with van der Waals surface area (Å²) in [5.41, 5.74) is 1.23. The maximum atomic E-state index is 13.2. The largest absolute Gasteiger partial charge is 0.460 e. The van der Waals surface area contributed by atoms with Gasteiger partial charge in [0.25, 0.3) is 0 Å². The number of hydrogen-bond acceptors (Lipinski definition) is 6. The standard InChI is InChI=1S/C28H40N4O5/c1-6-8-9-18(4)23-15-24(33)31-22(14-20-10-12-21(16-29)13-11-20)27(35)30-19(5)26(34)32-25(17(3)7-2)28(36)37-23/h10-13,17-19,22-23,25H,6-9,14-15H2,1-5H3,(H,30,35)(H,31,33)(H,32,34)/t17-,18+,19+,22+,23+,25-/m1/s1. The predicted octanol–water partition coefficient (Wildman–Crippen LogP) is 2.76. The van der Waals surface area contributed by atoms with E-state index < -0.39 is 47.9 Å². The van der Waals surface area contributed by atoms with E-state index in [-0.39, 0.29) is 24.7 Å². The quantitative estimate of drug-likeness (QED) is 0.458. The molecule has 6 atom stereocenters. The van der Waals surface area contributed by atoms with Gasteiger partial charge in [0.1, 0.15) is 24.2 Å². The van der Waals surface area contributed by atoms with Gasteiger partial charge >= 0.3 is 5.97 Å². The number of ether oxygens (including phenoxy) is 1. The van der Waals surface area contributed by atoms with Crippen molar-refractivity contribution in [1.29, 1.82) is 5.26 Å². The van der Waals surface area contributed by atoms with Gasteiger partial charge in [-0.25, -0.2) is 4.79 Å². The lowest BCUT2D eigenvalue weighted by Gasteiger charge is -2.29. The molecule has 1 aliphatic heterocycles. The number of benzene rings is 1. The first kappa shape index (κ1) is 29.8. The second-order valence-electron chi connectivity index (χ2n) is 10.0. The van der Waals surface area contributed by atoms with Gasteiger partial charge in [-0.15, -0.1) is 0 Å². The molecule has 0 bridgehead atoms. The monoisotopic (exact) mass is 512 g/mol. The van der Waals surface area contributed by atoms with Crippen molar-refractivity contribution >= 4 is 23.7 Å². The van der Waals surface area contributed by atoms with Crippen LogP contribution in [-0.4, -0.2) is 47.9 Å². The van der Waals surface area contributed by atoms with Crippen LogP contribution in [0.1, 0.15) is 77.8 Å². The predicted molar refractivity (Wildman–Crippen MR) is 139 cm³/mol. The topological polar surface area (TPSA) is 137 Å². The third kappa shape index (κ3) is 8.88. The second kappa shape index (κ2) is 14.4. The minimum Gasteiger partial charge on any atom is -0.460 e. The zero-order chi connectivity index (χ0) is 27.5. The molecule has 0 saturated carbocycles. The molecule has 1 aromatic carbocycles. The van der Waals surface area contributed by atoms with Crippen LogP contribution in [0.3, 0.4) is 0 Å². The Morgan fingerprint density at radius 3 is 2.27 bits per heavy atom. The Morgan fingerprint density at radius 1 is 1.00 bits per heavy atom. The van der Waals surface area contributed by atoms with Crippen LogP contribution in [0.4, 0.5) is 0 Å². The summed E-state index contributed by atoms with van der Waals surface area (Å²) >= 11 is 0. The Kier molecular flexibility index (Phi) is 11.6. The zero-order valence-electron chi connectivity index (χ0n) is 22.5. The average Bonchev–Trinajstić information content (AvgIpc) is 2.88. The van der Waals surface area contributed by atoms with Crippen molar-refractivity contribution < 1.29 is 23.9 Å². The summed E-state index contributed by atoms with van der Waals surface area (Å²) in [7, 11) is 0. The molecule has 3 amide bonds. The van der Waals surface area contributed by atoms with E-state index in [4.69, 9.17) is 10.00 Å². The fourth-order valence-corrected chi connectivity index (χ4v) is 4.22. The van der Waals surface area contributed by atoms with E-state index in [0.29, 0.717) is 12.0 Å². The number of esters is 1. The van der Waals surface area contributed by atoms with Crippen LogP contribution in [0, 0.1) is 23.2 Å². The maximum Gasteiger partial charge on any atom is 0.329 e. The van der Waals surface area contributed by atoms with Crippen molar-refractivity contribution in [3.8, 4) is 6.07 Å². The van der Waals surface area contributed by atoms with Gasteiger partial charge in [-0.05, 0) is 42.9 Å². The highest BCUT2D eigenvalue weighted by molar-refractivity contribution is 5.94. The molecule has 202 valence electrons. The Labute approximate surface area is 219 Å². The molecule has 0 aromatic heterocycles. The Hall–Kier alpha value is -3.41. The summed E-state index contributed by atoms with van der Waals surface area (Å²) in [6.07, 6.45) is 2.67. The first-order chi connectivity index (χ1) is 17.6. The van der Waals surface area contributed by atoms with Crippen LogP contribution in [0.25, 0.3) is 0 Å². The molecule has 9 heteroatoms. The third-order valence-corrected chi connectivity index (χ3v) is 6.99. The molecule has 0 spiro atoms. The number of carbonyl (C=O) groups is 4. The number of cyclic esters (lactones) is 1. The Balaban J connectivity index is 2.38. The van der Waals surface area contributed by atoms with Crippen molar-refractivity contribution in [2.24, 2.45) is 11.8 Å². The molecule has 1 aromatic rings. The number of nitriles is 1. The van der Waals surface area contributed by atoms with E-state index in [1.807, 2.05) is 20.8 Å². The number of carbonyl (C=O) groups excluding carboxylic acids is 4. The van der Waals surface area contributed by atoms with Crippen molar-refractivity contribution in [3.05, 3.63) is 35.4 Å². The number of rotatable bonds is 8. The van der Waals surface area contributed by atoms with Crippen LogP contribution < -0.4 is 16.0 Å². The highest BCUT2D eigenvalue weighted by atomic mass is 16.5. The molecule has 0 unspecified atom stereocenters. The fourth-order valence-electron chi connectivity index (χ4n) is 4.22. The Bertz CT molecular complexity index is 987. The van der Waals surface area contributed by atoms with Gasteiger partial charge in [-0.2, -0.15) is 5.26 Å². The van der Waals surface area contributed by atoms with E-state index in [2.05, 4.69) is 28.9 Å². The highest BCUT2D eigenvalue weighted by Gasteiger charge is 2.35. The van der Waals surface area contributed by atoms with Crippen molar-refractivity contribution in [2.75, 3.05) is 0 Å². The van der Waals surface area contributed by atoms with E-state index in [0.717, 1.165) is 24.8 Å². The summed E-state index contributed by atoms with van der Waals surface area (Å²) in [5, 5.41) is 17.2. The molecule has 3 N–H and O–H groups in total. The van der Waals surface area contributed by atoms with Gasteiger partial charge in [-0.3, -0.25) is 14.4 Å². The summed E-state index contributed by atoms with van der Waals surface area (Å²) in [4.78, 5) is 52.5. The molecule has 1 aliphatic rings. The fraction of sp³-hybridized carbons (Fsp3) is 0.607. The number of amides is 3. The first-order valence-corrected chi connectivity index (χ1v) is 13.2. The molecule has 0 radical (unpaired) electrons. The van der Waals surface area contributed by atoms with Gasteiger partial charge in [0, 0.05) is 6.42 Å². The number of nitrogens with one attached hydrogen (secondary N) is 3. The van der Waals surface area contributed by atoms with Crippen LogP contribution in [0.15, 0.2) is 24.3 Å². The summed E-state index contributed by atoms with van der Waals surface area (Å²) in [6, 6.07) is 6.00. The summed E-state index contributed by atoms with van der Waals surface area (Å²) in [5.74, 6) is -2.29. The van der Waals surface area contributed by atoms with Crippen molar-refractivity contribution in [2.45, 2.75) is 97.4 Å². The molecule has 2 rings (SSSR count). The number of nitrogens with zero attached hydrogens (tertiary/aromatic N) is 1. The molecular formula is C28H40N4O5. The number of hydrogen-bond donors (Lipinski definition) is 3. The molecule has 1 heterocycles. The molecule has 1 saturated heterocycles. The van der Waals surface area contributed by atoms with Crippen LogP contribution in [0.2, 0.25) is 0 Å². The van der Waals surface area contributed by atoms with E-state index in [1.54, 1.807) is 24.3 Å². The van der Waals surface area contributed by atoms with Crippen LogP contribution >= 0.6 is 0 Å². The lowest BCUT2D eigenvalue weighted by atomic mass is 9.94. The average molecular weight is 513 g/mol. The SMILES string of the molecule is CCCC[C@H](C)[C@@H]1CC(=O)N[C@@H](Cc2ccc(C#N)cc2)C(=O)N[C@@H](C)C(=O)N[C@H]([C@H](C)CC)C(=O)O1. The van der Waals surface area contributed by atoms with Crippen LogP contribution in [-0.2, 0) is 30.3 Å². The second-order valence-corrected chi connectivity index (χ2v) is 10.0. The molecular weight excluding hydrogens is 472 g/mol. The lowest BCUT2D eigenvalue weighted by Crippen LogP contribution is -2.55. The van der Waals surface area contributed by atoms with Crippen LogP contribution in [0.5, 0.6) is 0 Å². The third-order valence-electron chi connectivity index (χ3n) is 6.99. The minimum absolute atomic E-state index is 0.0854. The van der Waals surface area contributed by atoms with E-state index >= 15 is 0 Å². The van der Waals surface area contributed by atoms with Gasteiger partial charge in [0.2, 0.25) is 17.7 Å². The zero-order valence-corrected chi connectivity index (χ0v) is 22.5. The highest BCUT2D eigenvalue weighted by Crippen LogP contribution is 2.21. The van der Waals surface area contributed by atoms with Crippen molar-refractivity contribution in [3.63, 3.8) is 0 Å². The van der Waals surface area contributed by atoms with Gasteiger partial charge in [0.05, 0.1) is 18.1 Å². The first-order valence-electron chi connectivity index (χ1n) is 13.2. The molecule has 9 nitrogen and oxygen atoms in total. The minimum atomic E-state index is -0.955. The molecule has 0 aliphatic carbocycles. The van der Waals surface area contributed by atoms with Crippen molar-refractivity contribution in [1.82, 2.24) is 16.0 Å². The normalized spacial score (nSPS) is 25.1. The van der Waals surface area contributed by atoms with E-state index in [9.17, 15) is 19.2 Å². The van der Waals surface area contributed by atoms with Gasteiger partial charge in [0.15, 0.2) is 0 Å². The van der Waals surface area contributed by atoms with Gasteiger partial charge in [-0.1, -0.05) is 59.1 Å². The summed E-state index contributed by atoms with van der Waals surface area (Å²) in [6.45, 7) is 9.31. The maximum absolute atomic E-state index is 13.2. The smallest absolute Gasteiger partial charge is 0.329 e. The Morgan fingerprint density at radius 2 is 1.68 bits per heavy atom. The lowest BCUT2D eigenvalue weighted by molar-refractivity contribution is -0.158. The van der Waals surface area contributed by atoms with Gasteiger partial charge < -0.3 is 20.7 Å². The molecule has 1 fully saturated rings. The van der Waals surface area contributed by atoms with E-state index in [1.165, 1.54) is 6.92 Å². The number of unbranched alkanes of at least 4 members (excludes halogenated alkanes) is 1. The molecule has 37 heavy (non-hydrogen) atoms.